The summed E-state index contributed by atoms with van der Waals surface area (Å²) in [6.45, 7) is 6.48. The molecule has 250 valence electrons. The lowest BCUT2D eigenvalue weighted by Gasteiger charge is -2.53. The molecule has 3 saturated heterocycles. The molecule has 47 heavy (non-hydrogen) atoms. The van der Waals surface area contributed by atoms with Gasteiger partial charge in [0.1, 0.15) is 30.0 Å². The summed E-state index contributed by atoms with van der Waals surface area (Å²) in [6, 6.07) is 7.39. The molecular formula is C32H34N2O12S. The maximum absolute atomic E-state index is 13.5. The minimum absolute atomic E-state index is 0.0121. The molecule has 4 aliphatic heterocycles. The third-order valence-electron chi connectivity index (χ3n) is 11.9. The van der Waals surface area contributed by atoms with Gasteiger partial charge < -0.3 is 33.6 Å². The van der Waals surface area contributed by atoms with Gasteiger partial charge >= 0.3 is 22.8 Å². The van der Waals surface area contributed by atoms with Gasteiger partial charge in [-0.05, 0) is 60.1 Å². The minimum atomic E-state index is -4.27. The number of hydrogen-bond acceptors (Lipinski definition) is 13. The number of carbonyl (C=O) groups is 2. The Morgan fingerprint density at radius 3 is 2.72 bits per heavy atom. The van der Waals surface area contributed by atoms with E-state index in [1.165, 1.54) is 24.3 Å². The number of nitrogens with zero attached hydrogens (tertiary/aromatic N) is 2. The van der Waals surface area contributed by atoms with Crippen molar-refractivity contribution >= 4 is 21.8 Å². The maximum Gasteiger partial charge on any atom is 0.414 e. The molecule has 3 aliphatic carbocycles. The van der Waals surface area contributed by atoms with Crippen molar-refractivity contribution < 1.29 is 56.0 Å². The van der Waals surface area contributed by atoms with Crippen LogP contribution in [0.2, 0.25) is 0 Å². The SMILES string of the molecule is CC(C)[C@]12O[C@H]1[C@@H]1O[C@]13[C@]1(O[C@H]1C[C@H]1C4=C(CC[C@@]13C)C(=O)OC4)[C@@H]2OC(=O)CCCOc1no[n+]([O-])c1S(=O)(=O)c1ccccc1. The van der Waals surface area contributed by atoms with Crippen molar-refractivity contribution in [2.75, 3.05) is 13.2 Å². The van der Waals surface area contributed by atoms with Crippen molar-refractivity contribution in [3.8, 4) is 5.88 Å². The van der Waals surface area contributed by atoms with Crippen LogP contribution in [0, 0.1) is 22.5 Å². The zero-order chi connectivity index (χ0) is 32.7. The number of epoxide rings is 3. The predicted molar refractivity (Wildman–Crippen MR) is 153 cm³/mol. The molecule has 5 heterocycles. The lowest BCUT2D eigenvalue weighted by Crippen LogP contribution is -2.70. The predicted octanol–water partition coefficient (Wildman–Crippen LogP) is 1.97. The van der Waals surface area contributed by atoms with Gasteiger partial charge in [0.05, 0.1) is 22.8 Å². The van der Waals surface area contributed by atoms with Gasteiger partial charge in [-0.1, -0.05) is 39.0 Å². The number of benzene rings is 1. The number of fused-ring (bicyclic) bond motifs is 4. The van der Waals surface area contributed by atoms with E-state index in [0.717, 1.165) is 17.6 Å². The number of carbonyl (C=O) groups excluding carboxylic acids is 2. The van der Waals surface area contributed by atoms with Crippen molar-refractivity contribution in [2.45, 2.75) is 104 Å². The highest BCUT2D eigenvalue weighted by Crippen LogP contribution is 2.83. The quantitative estimate of drug-likeness (QED) is 0.163. The fourth-order valence-electron chi connectivity index (χ4n) is 9.66. The van der Waals surface area contributed by atoms with E-state index in [1.807, 2.05) is 13.8 Å². The van der Waals surface area contributed by atoms with Gasteiger partial charge in [0, 0.05) is 17.4 Å². The first-order valence-electron chi connectivity index (χ1n) is 16.1. The molecule has 1 aromatic carbocycles. The Labute approximate surface area is 269 Å². The first-order chi connectivity index (χ1) is 22.4. The number of esters is 2. The standard InChI is InChI=1S/C32H34N2O12S/c1-16(2)30-23(44-30)24-32(45-24)29(3)12-11-18-19(15-41-27(18)36)20(29)14-21-31(32,43-21)28(30)42-22(35)10-7-13-40-25-26(34(37)46-33-25)47(38,39)17-8-5-4-6-9-17/h4-6,8-9,16,20-21,23-24,28H,7,10-15H2,1-3H3/t20-,21-,23-,24-,28+,29-,30-,31+,32+/m0/s1. The highest BCUT2D eigenvalue weighted by molar-refractivity contribution is 7.91. The molecule has 0 N–H and O–H groups in total. The molecule has 7 aliphatic rings. The molecule has 2 aromatic rings. The van der Waals surface area contributed by atoms with E-state index < -0.39 is 49.6 Å². The lowest BCUT2D eigenvalue weighted by atomic mass is 9.46. The van der Waals surface area contributed by atoms with E-state index in [4.69, 9.17) is 28.4 Å². The average Bonchev–Trinajstić information content (AvgIpc) is 3.98. The fourth-order valence-corrected chi connectivity index (χ4v) is 11.0. The number of cyclic esters (lactones) is 1. The summed E-state index contributed by atoms with van der Waals surface area (Å²) in [5.41, 5.74) is -0.849. The lowest BCUT2D eigenvalue weighted by molar-refractivity contribution is -0.832. The second-order valence-electron chi connectivity index (χ2n) is 14.2. The number of ether oxygens (including phenoxy) is 6. The normalized spacial score (nSPS) is 40.3. The number of hydrogen-bond donors (Lipinski definition) is 0. The topological polar surface area (TPSA) is 187 Å². The van der Waals surface area contributed by atoms with E-state index in [-0.39, 0.29) is 70.8 Å². The molecular weight excluding hydrogens is 636 g/mol. The van der Waals surface area contributed by atoms with Crippen LogP contribution in [0.1, 0.15) is 52.9 Å². The van der Waals surface area contributed by atoms with E-state index >= 15 is 0 Å². The summed E-state index contributed by atoms with van der Waals surface area (Å²) in [7, 11) is -4.27. The van der Waals surface area contributed by atoms with Crippen LogP contribution in [-0.4, -0.2) is 79.9 Å². The van der Waals surface area contributed by atoms with Gasteiger partial charge in [-0.3, -0.25) is 9.42 Å². The molecule has 0 amide bonds. The van der Waals surface area contributed by atoms with E-state index in [2.05, 4.69) is 16.7 Å². The molecule has 1 aromatic heterocycles. The van der Waals surface area contributed by atoms with E-state index in [0.29, 0.717) is 19.4 Å². The van der Waals surface area contributed by atoms with Crippen LogP contribution < -0.4 is 9.64 Å². The van der Waals surface area contributed by atoms with Crippen molar-refractivity contribution in [2.24, 2.45) is 17.3 Å². The smallest absolute Gasteiger partial charge is 0.414 e. The summed E-state index contributed by atoms with van der Waals surface area (Å²) in [4.78, 5) is 25.6. The van der Waals surface area contributed by atoms with Crippen LogP contribution in [0.3, 0.4) is 0 Å². The minimum Gasteiger partial charge on any atom is -0.458 e. The third kappa shape index (κ3) is 3.53. The first kappa shape index (κ1) is 29.6. The van der Waals surface area contributed by atoms with E-state index in [9.17, 15) is 23.2 Å². The molecule has 15 heteroatoms. The molecule has 14 nitrogen and oxygen atoms in total. The van der Waals surface area contributed by atoms with Crippen LogP contribution in [0.5, 0.6) is 5.88 Å². The number of sulfone groups is 1. The van der Waals surface area contributed by atoms with Gasteiger partial charge in [0.2, 0.25) is 0 Å². The first-order valence-corrected chi connectivity index (χ1v) is 17.6. The van der Waals surface area contributed by atoms with Crippen molar-refractivity contribution in [1.29, 1.82) is 0 Å². The van der Waals surface area contributed by atoms with Crippen molar-refractivity contribution in [1.82, 2.24) is 5.16 Å². The monoisotopic (exact) mass is 670 g/mol. The maximum atomic E-state index is 13.5. The summed E-state index contributed by atoms with van der Waals surface area (Å²) in [6.07, 6.45) is 0.726. The molecule has 9 rings (SSSR count). The molecule has 0 radical (unpaired) electrons. The van der Waals surface area contributed by atoms with Crippen LogP contribution in [-0.2, 0) is 43.1 Å². The second kappa shape index (κ2) is 9.33. The van der Waals surface area contributed by atoms with Crippen LogP contribution in [0.25, 0.3) is 0 Å². The zero-order valence-corrected chi connectivity index (χ0v) is 26.8. The molecule has 0 bridgehead atoms. The Morgan fingerprint density at radius 1 is 1.17 bits per heavy atom. The highest BCUT2D eigenvalue weighted by atomic mass is 32.2. The van der Waals surface area contributed by atoms with Gasteiger partial charge in [-0.25, -0.2) is 13.2 Å². The third-order valence-corrected chi connectivity index (χ3v) is 13.7. The number of rotatable bonds is 9. The molecule has 9 atom stereocenters. The Morgan fingerprint density at radius 2 is 1.96 bits per heavy atom. The Hall–Kier alpha value is -3.53. The van der Waals surface area contributed by atoms with Gasteiger partial charge in [0.25, 0.3) is 9.84 Å². The van der Waals surface area contributed by atoms with Gasteiger partial charge in [0.15, 0.2) is 11.7 Å². The zero-order valence-electron chi connectivity index (χ0n) is 26.0. The summed E-state index contributed by atoms with van der Waals surface area (Å²) >= 11 is 0. The Balaban J connectivity index is 0.926. The summed E-state index contributed by atoms with van der Waals surface area (Å²) < 4.78 is 67.7. The Kier molecular flexibility index (Phi) is 5.88. The highest BCUT2D eigenvalue weighted by Gasteiger charge is 3.01. The van der Waals surface area contributed by atoms with Crippen molar-refractivity contribution in [3.63, 3.8) is 0 Å². The van der Waals surface area contributed by atoms with Crippen LogP contribution in [0.4, 0.5) is 0 Å². The summed E-state index contributed by atoms with van der Waals surface area (Å²) in [5, 5.41) is 14.9. The molecule has 2 saturated carbocycles. The van der Waals surface area contributed by atoms with Crippen molar-refractivity contribution in [3.05, 3.63) is 46.7 Å². The van der Waals surface area contributed by atoms with E-state index in [1.54, 1.807) is 6.07 Å². The largest absolute Gasteiger partial charge is 0.458 e. The van der Waals surface area contributed by atoms with Crippen LogP contribution in [0.15, 0.2) is 56.0 Å². The Bertz CT molecular complexity index is 1860. The molecule has 2 spiro atoms. The number of aromatic nitrogens is 2. The van der Waals surface area contributed by atoms with Gasteiger partial charge in [-0.2, -0.15) is 0 Å². The average molecular weight is 671 g/mol. The van der Waals surface area contributed by atoms with Crippen LogP contribution >= 0.6 is 0 Å². The summed E-state index contributed by atoms with van der Waals surface area (Å²) in [5.74, 6) is -1.14. The molecule has 5 fully saturated rings. The fraction of sp³-hybridized carbons (Fsp3) is 0.625. The molecule has 0 unspecified atom stereocenters. The second-order valence-corrected chi connectivity index (χ2v) is 16.0. The van der Waals surface area contributed by atoms with Gasteiger partial charge in [-0.15, -0.1) is 0 Å².